The lowest BCUT2D eigenvalue weighted by Gasteiger charge is -2.10. The third-order valence-electron chi connectivity index (χ3n) is 2.73. The topological polar surface area (TPSA) is 38.3 Å². The molecule has 1 aromatic heterocycles. The third kappa shape index (κ3) is 3.61. The van der Waals surface area contributed by atoms with Crippen LogP contribution in [-0.4, -0.2) is 25.2 Å². The molecule has 1 aromatic rings. The third-order valence-corrected chi connectivity index (χ3v) is 3.67. The van der Waals surface area contributed by atoms with Crippen molar-refractivity contribution in [3.8, 4) is 0 Å². The molecule has 1 aliphatic heterocycles. The maximum absolute atomic E-state index is 11.5. The van der Waals surface area contributed by atoms with Crippen LogP contribution in [0, 0.1) is 0 Å². The molecule has 16 heavy (non-hydrogen) atoms. The molecule has 0 aliphatic carbocycles. The monoisotopic (exact) mass is 239 g/mol. The zero-order chi connectivity index (χ0) is 11.2. The van der Waals surface area contributed by atoms with Gasteiger partial charge in [0.15, 0.2) is 0 Å². The van der Waals surface area contributed by atoms with E-state index in [0.717, 1.165) is 25.9 Å². The summed E-state index contributed by atoms with van der Waals surface area (Å²) in [5.74, 6) is 0.129. The normalized spacial score (nSPS) is 19.9. The van der Waals surface area contributed by atoms with Crippen molar-refractivity contribution >= 4 is 17.2 Å². The summed E-state index contributed by atoms with van der Waals surface area (Å²) >= 11 is 1.70. The smallest absolute Gasteiger partial charge is 0.220 e. The number of carbonyl (C=O) groups excluding carboxylic acids is 1. The zero-order valence-corrected chi connectivity index (χ0v) is 10.1. The molecule has 1 atom stereocenters. The van der Waals surface area contributed by atoms with E-state index in [4.69, 9.17) is 4.74 Å². The van der Waals surface area contributed by atoms with Crippen molar-refractivity contribution < 1.29 is 9.53 Å². The molecule has 0 aromatic carbocycles. The number of aryl methyl sites for hydroxylation is 1. The highest BCUT2D eigenvalue weighted by Crippen LogP contribution is 2.12. The van der Waals surface area contributed by atoms with E-state index in [1.807, 2.05) is 11.4 Å². The molecule has 1 fully saturated rings. The Bertz CT molecular complexity index is 318. The summed E-state index contributed by atoms with van der Waals surface area (Å²) in [6.07, 6.45) is 3.86. The van der Waals surface area contributed by atoms with Crippen LogP contribution < -0.4 is 5.32 Å². The fraction of sp³-hybridized carbons (Fsp3) is 0.583. The minimum atomic E-state index is 0.129. The Morgan fingerprint density at radius 1 is 1.62 bits per heavy atom. The number of thiophene rings is 1. The van der Waals surface area contributed by atoms with Gasteiger partial charge in [-0.05, 0) is 30.7 Å². The predicted molar refractivity (Wildman–Crippen MR) is 64.6 cm³/mol. The van der Waals surface area contributed by atoms with E-state index in [1.165, 1.54) is 4.88 Å². The summed E-state index contributed by atoms with van der Waals surface area (Å²) in [6, 6.07) is 4.09. The molecule has 1 amide bonds. The first kappa shape index (κ1) is 11.6. The molecule has 3 nitrogen and oxygen atoms in total. The van der Waals surface area contributed by atoms with Gasteiger partial charge in [-0.2, -0.15) is 0 Å². The maximum Gasteiger partial charge on any atom is 0.220 e. The molecule has 2 heterocycles. The van der Waals surface area contributed by atoms with Gasteiger partial charge in [-0.25, -0.2) is 0 Å². The Morgan fingerprint density at radius 2 is 2.56 bits per heavy atom. The predicted octanol–water partition coefficient (Wildman–Crippen LogP) is 1.98. The van der Waals surface area contributed by atoms with Crippen LogP contribution in [0.1, 0.15) is 24.1 Å². The van der Waals surface area contributed by atoms with Gasteiger partial charge in [0.1, 0.15) is 0 Å². The number of rotatable bonds is 5. The van der Waals surface area contributed by atoms with E-state index < -0.39 is 0 Å². The molecule has 1 aliphatic rings. The van der Waals surface area contributed by atoms with E-state index in [-0.39, 0.29) is 12.0 Å². The van der Waals surface area contributed by atoms with Gasteiger partial charge in [0.25, 0.3) is 0 Å². The van der Waals surface area contributed by atoms with E-state index >= 15 is 0 Å². The quantitative estimate of drug-likeness (QED) is 0.853. The average Bonchev–Trinajstić information content (AvgIpc) is 2.96. The van der Waals surface area contributed by atoms with Crippen molar-refractivity contribution in [2.45, 2.75) is 31.8 Å². The largest absolute Gasteiger partial charge is 0.376 e. The van der Waals surface area contributed by atoms with Gasteiger partial charge in [-0.3, -0.25) is 4.79 Å². The number of hydrogen-bond donors (Lipinski definition) is 1. The minimum Gasteiger partial charge on any atom is -0.376 e. The summed E-state index contributed by atoms with van der Waals surface area (Å²) in [5, 5.41) is 4.97. The maximum atomic E-state index is 11.5. The van der Waals surface area contributed by atoms with Crippen molar-refractivity contribution in [1.82, 2.24) is 5.32 Å². The Labute approximate surface area is 99.8 Å². The Balaban J connectivity index is 1.60. The Kier molecular flexibility index (Phi) is 4.36. The van der Waals surface area contributed by atoms with Gasteiger partial charge in [0.05, 0.1) is 6.10 Å². The highest BCUT2D eigenvalue weighted by molar-refractivity contribution is 7.09. The number of amides is 1. The van der Waals surface area contributed by atoms with Crippen molar-refractivity contribution in [2.75, 3.05) is 13.2 Å². The van der Waals surface area contributed by atoms with Gasteiger partial charge in [-0.15, -0.1) is 11.3 Å². The van der Waals surface area contributed by atoms with Crippen LogP contribution in [0.3, 0.4) is 0 Å². The van der Waals surface area contributed by atoms with Gasteiger partial charge < -0.3 is 10.1 Å². The number of nitrogens with one attached hydrogen (secondary N) is 1. The van der Waals surface area contributed by atoms with Crippen LogP contribution in [0.5, 0.6) is 0 Å². The summed E-state index contributed by atoms with van der Waals surface area (Å²) in [7, 11) is 0. The van der Waals surface area contributed by atoms with Crippen molar-refractivity contribution in [3.05, 3.63) is 22.4 Å². The fourth-order valence-corrected chi connectivity index (χ4v) is 2.52. The second-order valence-corrected chi connectivity index (χ2v) is 5.05. The second kappa shape index (κ2) is 6.01. The number of hydrogen-bond acceptors (Lipinski definition) is 3. The summed E-state index contributed by atoms with van der Waals surface area (Å²) in [4.78, 5) is 12.8. The van der Waals surface area contributed by atoms with Crippen molar-refractivity contribution in [3.63, 3.8) is 0 Å². The van der Waals surface area contributed by atoms with E-state index in [0.29, 0.717) is 13.0 Å². The fourth-order valence-electron chi connectivity index (χ4n) is 1.81. The zero-order valence-electron chi connectivity index (χ0n) is 9.28. The van der Waals surface area contributed by atoms with Gasteiger partial charge in [0, 0.05) is 24.4 Å². The van der Waals surface area contributed by atoms with Crippen molar-refractivity contribution in [2.24, 2.45) is 0 Å². The Hall–Kier alpha value is -0.870. The van der Waals surface area contributed by atoms with Crippen LogP contribution >= 0.6 is 11.3 Å². The number of carbonyl (C=O) groups is 1. The molecule has 0 saturated carbocycles. The highest BCUT2D eigenvalue weighted by Gasteiger charge is 2.15. The van der Waals surface area contributed by atoms with Gasteiger partial charge in [0.2, 0.25) is 5.91 Å². The number of ether oxygens (including phenoxy) is 1. The SMILES string of the molecule is O=C(CCc1cccs1)NC[C@H]1CCCO1. The van der Waals surface area contributed by atoms with E-state index in [1.54, 1.807) is 11.3 Å². The van der Waals surface area contributed by atoms with E-state index in [9.17, 15) is 4.79 Å². The molecule has 0 unspecified atom stereocenters. The summed E-state index contributed by atoms with van der Waals surface area (Å²) in [6.45, 7) is 1.51. The molecule has 2 rings (SSSR count). The van der Waals surface area contributed by atoms with Crippen molar-refractivity contribution in [1.29, 1.82) is 0 Å². The lowest BCUT2D eigenvalue weighted by molar-refractivity contribution is -0.121. The standard InChI is InChI=1S/C12H17NO2S/c14-12(6-5-11-4-2-8-16-11)13-9-10-3-1-7-15-10/h2,4,8,10H,1,3,5-7,9H2,(H,13,14)/t10-/m1/s1. The summed E-state index contributed by atoms with van der Waals surface area (Å²) in [5.41, 5.74) is 0. The first-order valence-corrected chi connectivity index (χ1v) is 6.63. The average molecular weight is 239 g/mol. The first-order valence-electron chi connectivity index (χ1n) is 5.75. The Morgan fingerprint density at radius 3 is 3.25 bits per heavy atom. The molecule has 88 valence electrons. The van der Waals surface area contributed by atoms with Crippen LogP contribution in [0.2, 0.25) is 0 Å². The lowest BCUT2D eigenvalue weighted by Crippen LogP contribution is -2.31. The summed E-state index contributed by atoms with van der Waals surface area (Å²) < 4.78 is 5.44. The molecule has 1 N–H and O–H groups in total. The molecular weight excluding hydrogens is 222 g/mol. The molecule has 0 spiro atoms. The molecule has 1 saturated heterocycles. The van der Waals surface area contributed by atoms with Crippen LogP contribution in [0.15, 0.2) is 17.5 Å². The van der Waals surface area contributed by atoms with Gasteiger partial charge in [-0.1, -0.05) is 6.07 Å². The minimum absolute atomic E-state index is 0.129. The van der Waals surface area contributed by atoms with E-state index in [2.05, 4.69) is 11.4 Å². The second-order valence-electron chi connectivity index (χ2n) is 4.02. The molecular formula is C12H17NO2S. The molecule has 0 bridgehead atoms. The first-order chi connectivity index (χ1) is 7.84. The molecule has 0 radical (unpaired) electrons. The van der Waals surface area contributed by atoms with Crippen LogP contribution in [0.25, 0.3) is 0 Å². The van der Waals surface area contributed by atoms with Gasteiger partial charge >= 0.3 is 0 Å². The van der Waals surface area contributed by atoms with Crippen LogP contribution in [0.4, 0.5) is 0 Å². The molecule has 4 heteroatoms. The highest BCUT2D eigenvalue weighted by atomic mass is 32.1. The lowest BCUT2D eigenvalue weighted by atomic mass is 10.2. The van der Waals surface area contributed by atoms with Crippen LogP contribution in [-0.2, 0) is 16.0 Å².